The van der Waals surface area contributed by atoms with Crippen LogP contribution in [0.4, 0.5) is 0 Å². The molecule has 0 aliphatic rings. The van der Waals surface area contributed by atoms with E-state index in [-0.39, 0.29) is 18.7 Å². The Kier molecular flexibility index (Phi) is 4.70. The summed E-state index contributed by atoms with van der Waals surface area (Å²) in [6.07, 6.45) is 5.00. The molecular weight excluding hydrogens is 258 g/mol. The van der Waals surface area contributed by atoms with Gasteiger partial charge in [-0.1, -0.05) is 0 Å². The lowest BCUT2D eigenvalue weighted by Gasteiger charge is -2.04. The van der Waals surface area contributed by atoms with Gasteiger partial charge in [0, 0.05) is 37.2 Å². The van der Waals surface area contributed by atoms with Crippen LogP contribution in [0.2, 0.25) is 0 Å². The Hall–Kier alpha value is -2.37. The molecule has 3 N–H and O–H groups in total. The first-order valence-electron chi connectivity index (χ1n) is 6.56. The van der Waals surface area contributed by atoms with E-state index >= 15 is 0 Å². The van der Waals surface area contributed by atoms with Gasteiger partial charge in [0.2, 0.25) is 5.91 Å². The van der Waals surface area contributed by atoms with Gasteiger partial charge in [-0.25, -0.2) is 4.98 Å². The number of amides is 1. The summed E-state index contributed by atoms with van der Waals surface area (Å²) >= 11 is 0. The first-order valence-corrected chi connectivity index (χ1v) is 6.56. The van der Waals surface area contributed by atoms with Crippen molar-refractivity contribution in [1.82, 2.24) is 15.3 Å². The Bertz CT molecular complexity index is 606. The molecule has 0 saturated carbocycles. The van der Waals surface area contributed by atoms with Gasteiger partial charge in [0.25, 0.3) is 0 Å². The van der Waals surface area contributed by atoms with E-state index < -0.39 is 5.97 Å². The number of carboxylic acids is 1. The Morgan fingerprint density at radius 3 is 3.00 bits per heavy atom. The molecular formula is C14H17N3O3. The second kappa shape index (κ2) is 6.70. The van der Waals surface area contributed by atoms with Gasteiger partial charge in [-0.05, 0) is 30.5 Å². The molecule has 2 rings (SSSR count). The molecule has 6 heteroatoms. The fraction of sp³-hybridized carbons (Fsp3) is 0.357. The fourth-order valence-corrected chi connectivity index (χ4v) is 2.04. The van der Waals surface area contributed by atoms with Gasteiger partial charge in [0.1, 0.15) is 5.65 Å². The van der Waals surface area contributed by atoms with Crippen molar-refractivity contribution in [3.63, 3.8) is 0 Å². The largest absolute Gasteiger partial charge is 0.481 e. The molecule has 2 heterocycles. The number of carboxylic acid groups (broad SMARTS) is 1. The van der Waals surface area contributed by atoms with Gasteiger partial charge in [0.15, 0.2) is 0 Å². The number of hydrogen-bond donors (Lipinski definition) is 3. The van der Waals surface area contributed by atoms with Gasteiger partial charge in [-0.2, -0.15) is 0 Å². The number of aromatic nitrogens is 2. The number of carbonyl (C=O) groups excluding carboxylic acids is 1. The van der Waals surface area contributed by atoms with Gasteiger partial charge in [-0.3, -0.25) is 9.59 Å². The average molecular weight is 275 g/mol. The molecule has 0 saturated heterocycles. The third-order valence-corrected chi connectivity index (χ3v) is 3.05. The number of fused-ring (bicyclic) bond motifs is 1. The summed E-state index contributed by atoms with van der Waals surface area (Å²) in [7, 11) is 0. The maximum Gasteiger partial charge on any atom is 0.303 e. The number of carbonyl (C=O) groups is 2. The minimum absolute atomic E-state index is 0.0293. The summed E-state index contributed by atoms with van der Waals surface area (Å²) in [5.74, 6) is -0.978. The maximum absolute atomic E-state index is 11.5. The van der Waals surface area contributed by atoms with Crippen LogP contribution < -0.4 is 5.32 Å². The summed E-state index contributed by atoms with van der Waals surface area (Å²) in [6, 6.07) is 3.87. The Balaban J connectivity index is 1.75. The molecule has 0 bridgehead atoms. The molecule has 0 radical (unpaired) electrons. The third-order valence-electron chi connectivity index (χ3n) is 3.05. The van der Waals surface area contributed by atoms with Crippen LogP contribution in [0.1, 0.15) is 24.8 Å². The van der Waals surface area contributed by atoms with Crippen molar-refractivity contribution in [1.29, 1.82) is 0 Å². The van der Waals surface area contributed by atoms with Crippen molar-refractivity contribution >= 4 is 22.9 Å². The molecule has 0 fully saturated rings. The lowest BCUT2D eigenvalue weighted by atomic mass is 10.1. The molecule has 0 spiro atoms. The number of pyridine rings is 1. The van der Waals surface area contributed by atoms with Crippen molar-refractivity contribution in [3.8, 4) is 0 Å². The molecule has 0 unspecified atom stereocenters. The molecule has 0 aliphatic carbocycles. The van der Waals surface area contributed by atoms with Crippen LogP contribution in [0.3, 0.4) is 0 Å². The topological polar surface area (TPSA) is 95.1 Å². The summed E-state index contributed by atoms with van der Waals surface area (Å²) in [5.41, 5.74) is 1.95. The predicted octanol–water partition coefficient (Wildman–Crippen LogP) is 1.48. The van der Waals surface area contributed by atoms with E-state index in [1.807, 2.05) is 18.3 Å². The minimum Gasteiger partial charge on any atom is -0.481 e. The van der Waals surface area contributed by atoms with E-state index in [2.05, 4.69) is 15.3 Å². The van der Waals surface area contributed by atoms with Crippen LogP contribution in [-0.2, 0) is 16.0 Å². The van der Waals surface area contributed by atoms with E-state index in [1.165, 1.54) is 0 Å². The van der Waals surface area contributed by atoms with Crippen molar-refractivity contribution in [2.45, 2.75) is 25.7 Å². The summed E-state index contributed by atoms with van der Waals surface area (Å²) in [5, 5.41) is 12.3. The monoisotopic (exact) mass is 275 g/mol. The van der Waals surface area contributed by atoms with Gasteiger partial charge >= 0.3 is 5.97 Å². The Morgan fingerprint density at radius 2 is 2.20 bits per heavy atom. The van der Waals surface area contributed by atoms with Crippen LogP contribution >= 0.6 is 0 Å². The first-order chi connectivity index (χ1) is 9.66. The highest BCUT2D eigenvalue weighted by Crippen LogP contribution is 2.15. The van der Waals surface area contributed by atoms with Crippen molar-refractivity contribution < 1.29 is 14.7 Å². The minimum atomic E-state index is -0.871. The molecule has 2 aromatic rings. The van der Waals surface area contributed by atoms with Crippen LogP contribution in [-0.4, -0.2) is 33.5 Å². The zero-order chi connectivity index (χ0) is 14.4. The summed E-state index contributed by atoms with van der Waals surface area (Å²) < 4.78 is 0. The van der Waals surface area contributed by atoms with Crippen molar-refractivity contribution in [3.05, 3.63) is 30.1 Å². The number of hydrogen-bond acceptors (Lipinski definition) is 3. The van der Waals surface area contributed by atoms with E-state index in [0.29, 0.717) is 13.0 Å². The third kappa shape index (κ3) is 3.81. The number of nitrogens with zero attached hydrogens (tertiary/aromatic N) is 1. The van der Waals surface area contributed by atoms with Gasteiger partial charge in [0.05, 0.1) is 0 Å². The second-order valence-corrected chi connectivity index (χ2v) is 4.56. The summed E-state index contributed by atoms with van der Waals surface area (Å²) in [6.45, 7) is 0.535. The number of H-pyrrole nitrogens is 1. The van der Waals surface area contributed by atoms with E-state index in [9.17, 15) is 9.59 Å². The van der Waals surface area contributed by atoms with Crippen LogP contribution in [0.5, 0.6) is 0 Å². The smallest absolute Gasteiger partial charge is 0.303 e. The SMILES string of the molecule is O=C(O)CCCC(=O)NCCc1c[nH]c2ncccc12. The zero-order valence-corrected chi connectivity index (χ0v) is 11.1. The van der Waals surface area contributed by atoms with E-state index in [4.69, 9.17) is 5.11 Å². The maximum atomic E-state index is 11.5. The van der Waals surface area contributed by atoms with Crippen LogP contribution in [0.15, 0.2) is 24.5 Å². The van der Waals surface area contributed by atoms with Gasteiger partial charge < -0.3 is 15.4 Å². The van der Waals surface area contributed by atoms with E-state index in [0.717, 1.165) is 23.0 Å². The normalized spacial score (nSPS) is 10.6. The molecule has 0 aliphatic heterocycles. The Morgan fingerprint density at radius 1 is 1.35 bits per heavy atom. The molecule has 1 amide bonds. The lowest BCUT2D eigenvalue weighted by molar-refractivity contribution is -0.137. The fourth-order valence-electron chi connectivity index (χ4n) is 2.04. The van der Waals surface area contributed by atoms with E-state index in [1.54, 1.807) is 6.20 Å². The quantitative estimate of drug-likeness (QED) is 0.713. The molecule has 2 aromatic heterocycles. The number of aliphatic carboxylic acids is 1. The molecule has 0 aromatic carbocycles. The molecule has 20 heavy (non-hydrogen) atoms. The lowest BCUT2D eigenvalue weighted by Crippen LogP contribution is -2.25. The Labute approximate surface area is 116 Å². The van der Waals surface area contributed by atoms with Crippen molar-refractivity contribution in [2.75, 3.05) is 6.54 Å². The number of nitrogens with one attached hydrogen (secondary N) is 2. The average Bonchev–Trinajstić information content (AvgIpc) is 2.82. The second-order valence-electron chi connectivity index (χ2n) is 4.56. The highest BCUT2D eigenvalue weighted by atomic mass is 16.4. The predicted molar refractivity (Wildman–Crippen MR) is 74.3 cm³/mol. The highest BCUT2D eigenvalue weighted by Gasteiger charge is 2.06. The van der Waals surface area contributed by atoms with Gasteiger partial charge in [-0.15, -0.1) is 0 Å². The zero-order valence-electron chi connectivity index (χ0n) is 11.1. The first kappa shape index (κ1) is 14.0. The standard InChI is InChI=1S/C14H17N3O3/c18-12(4-1-5-13(19)20)15-8-6-10-9-17-14-11(10)3-2-7-16-14/h2-3,7,9H,1,4-6,8H2,(H,15,18)(H,16,17)(H,19,20). The van der Waals surface area contributed by atoms with Crippen LogP contribution in [0, 0.1) is 0 Å². The van der Waals surface area contributed by atoms with Crippen LogP contribution in [0.25, 0.3) is 11.0 Å². The molecule has 106 valence electrons. The van der Waals surface area contributed by atoms with Crippen molar-refractivity contribution in [2.24, 2.45) is 0 Å². The molecule has 0 atom stereocenters. The molecule has 6 nitrogen and oxygen atoms in total. The highest BCUT2D eigenvalue weighted by molar-refractivity contribution is 5.80. The number of rotatable bonds is 7. The summed E-state index contributed by atoms with van der Waals surface area (Å²) in [4.78, 5) is 29.1. The number of aromatic amines is 1.